The van der Waals surface area contributed by atoms with Crippen LogP contribution >= 0.6 is 12.2 Å². The summed E-state index contributed by atoms with van der Waals surface area (Å²) in [6, 6.07) is 27.2. The van der Waals surface area contributed by atoms with E-state index in [0.29, 0.717) is 5.11 Å². The molecule has 3 aromatic carbocycles. The minimum Gasteiger partial charge on any atom is -0.334 e. The van der Waals surface area contributed by atoms with Gasteiger partial charge in [-0.3, -0.25) is 4.98 Å². The third-order valence-corrected chi connectivity index (χ3v) is 5.91. The summed E-state index contributed by atoms with van der Waals surface area (Å²) >= 11 is 5.54. The van der Waals surface area contributed by atoms with Crippen molar-refractivity contribution in [2.45, 2.75) is 20.4 Å². The minimum absolute atomic E-state index is 0.569. The average Bonchev–Trinajstić information content (AvgIpc) is 3.10. The van der Waals surface area contributed by atoms with Gasteiger partial charge in [-0.05, 0) is 68.0 Å². The second-order valence-corrected chi connectivity index (χ2v) is 8.45. The zero-order valence-electron chi connectivity index (χ0n) is 18.1. The molecule has 0 radical (unpaired) electrons. The molecule has 5 aromatic rings. The summed E-state index contributed by atoms with van der Waals surface area (Å²) in [4.78, 5) is 4.56. The quantitative estimate of drug-likeness (QED) is 0.309. The van der Waals surface area contributed by atoms with Crippen molar-refractivity contribution < 1.29 is 0 Å². The van der Waals surface area contributed by atoms with Crippen LogP contribution in [0.2, 0.25) is 0 Å². The van der Waals surface area contributed by atoms with Crippen molar-refractivity contribution in [3.63, 3.8) is 0 Å². The van der Waals surface area contributed by atoms with E-state index in [1.54, 1.807) is 0 Å². The zero-order valence-corrected chi connectivity index (χ0v) is 18.9. The average molecular weight is 437 g/mol. The third-order valence-electron chi connectivity index (χ3n) is 5.71. The molecule has 0 fully saturated rings. The van der Waals surface area contributed by atoms with Crippen LogP contribution in [0.3, 0.4) is 0 Å². The van der Waals surface area contributed by atoms with Gasteiger partial charge in [0, 0.05) is 40.4 Å². The zero-order chi connectivity index (χ0) is 22.1. The van der Waals surface area contributed by atoms with Crippen LogP contribution < -0.4 is 10.6 Å². The molecule has 158 valence electrons. The first kappa shape index (κ1) is 20.2. The van der Waals surface area contributed by atoms with Gasteiger partial charge in [-0.15, -0.1) is 0 Å². The summed E-state index contributed by atoms with van der Waals surface area (Å²) in [7, 11) is 0. The third kappa shape index (κ3) is 3.95. The van der Waals surface area contributed by atoms with Crippen LogP contribution in [0, 0.1) is 13.8 Å². The molecule has 0 unspecified atom stereocenters. The van der Waals surface area contributed by atoms with Gasteiger partial charge >= 0.3 is 0 Å². The second kappa shape index (κ2) is 8.44. The van der Waals surface area contributed by atoms with Gasteiger partial charge in [-0.2, -0.15) is 0 Å². The lowest BCUT2D eigenvalue weighted by atomic mass is 10.1. The van der Waals surface area contributed by atoms with Crippen molar-refractivity contribution in [1.82, 2.24) is 9.55 Å². The van der Waals surface area contributed by atoms with E-state index in [4.69, 9.17) is 12.2 Å². The molecule has 5 rings (SSSR count). The Morgan fingerprint density at radius 3 is 2.34 bits per heavy atom. The minimum atomic E-state index is 0.569. The van der Waals surface area contributed by atoms with Gasteiger partial charge in [0.05, 0.1) is 11.2 Å². The lowest BCUT2D eigenvalue weighted by Gasteiger charge is -2.12. The van der Waals surface area contributed by atoms with Gasteiger partial charge in [0.2, 0.25) is 0 Å². The largest absolute Gasteiger partial charge is 0.334 e. The topological polar surface area (TPSA) is 41.9 Å². The van der Waals surface area contributed by atoms with Gasteiger partial charge in [0.15, 0.2) is 5.11 Å². The van der Waals surface area contributed by atoms with Crippen LogP contribution in [0.4, 0.5) is 11.4 Å². The van der Waals surface area contributed by atoms with E-state index in [2.05, 4.69) is 94.7 Å². The Morgan fingerprint density at radius 2 is 1.56 bits per heavy atom. The summed E-state index contributed by atoms with van der Waals surface area (Å²) in [5.41, 5.74) is 7.79. The maximum absolute atomic E-state index is 5.54. The Hall–Kier alpha value is -3.70. The Bertz CT molecular complexity index is 1420. The Labute approximate surface area is 192 Å². The summed E-state index contributed by atoms with van der Waals surface area (Å²) in [5, 5.41) is 9.54. The van der Waals surface area contributed by atoms with E-state index in [1.807, 2.05) is 24.4 Å². The maximum Gasteiger partial charge on any atom is 0.175 e. The van der Waals surface area contributed by atoms with Crippen molar-refractivity contribution in [2.75, 3.05) is 10.6 Å². The normalized spacial score (nSPS) is 11.1. The number of benzene rings is 3. The molecular formula is C27H24N4S. The highest BCUT2D eigenvalue weighted by Crippen LogP contribution is 2.33. The number of rotatable bonds is 4. The molecule has 0 spiro atoms. The molecule has 2 heterocycles. The number of aryl methyl sites for hydroxylation is 2. The Balaban J connectivity index is 1.51. The van der Waals surface area contributed by atoms with E-state index in [0.717, 1.165) is 23.6 Å². The van der Waals surface area contributed by atoms with Crippen molar-refractivity contribution in [2.24, 2.45) is 0 Å². The molecule has 0 amide bonds. The van der Waals surface area contributed by atoms with E-state index in [1.165, 1.54) is 32.9 Å². The molecule has 0 aliphatic rings. The molecule has 32 heavy (non-hydrogen) atoms. The first-order valence-corrected chi connectivity index (χ1v) is 11.1. The van der Waals surface area contributed by atoms with E-state index < -0.39 is 0 Å². The molecule has 0 saturated heterocycles. The molecule has 0 atom stereocenters. The predicted octanol–water partition coefficient (Wildman–Crippen LogP) is 6.66. The first-order chi connectivity index (χ1) is 15.6. The van der Waals surface area contributed by atoms with Crippen molar-refractivity contribution in [3.8, 4) is 0 Å². The number of aromatic nitrogens is 2. The number of hydrogen-bond acceptors (Lipinski definition) is 2. The summed E-state index contributed by atoms with van der Waals surface area (Å²) < 4.78 is 2.36. The standard InChI is InChI=1S/C27H24N4S/c1-18-8-10-21(11-9-18)29-27(32)30-22-12-13-25-24(16-22)23-14-15-28-19(2)26(23)31(25)17-20-6-4-3-5-7-20/h3-16H,17H2,1-2H3,(H2,29,30,32). The molecule has 0 aliphatic carbocycles. The highest BCUT2D eigenvalue weighted by atomic mass is 32.1. The maximum atomic E-state index is 5.54. The van der Waals surface area contributed by atoms with Crippen LogP contribution in [0.15, 0.2) is 85.1 Å². The first-order valence-electron chi connectivity index (χ1n) is 10.6. The summed E-state index contributed by atoms with van der Waals surface area (Å²) in [6.07, 6.45) is 1.88. The highest BCUT2D eigenvalue weighted by Gasteiger charge is 2.14. The summed E-state index contributed by atoms with van der Waals surface area (Å²) in [6.45, 7) is 4.94. The van der Waals surface area contributed by atoms with Gasteiger partial charge in [0.1, 0.15) is 0 Å². The molecule has 4 nitrogen and oxygen atoms in total. The molecule has 0 saturated carbocycles. The van der Waals surface area contributed by atoms with Crippen LogP contribution in [-0.4, -0.2) is 14.7 Å². The molecule has 5 heteroatoms. The number of hydrogen-bond donors (Lipinski definition) is 2. The van der Waals surface area contributed by atoms with Crippen molar-refractivity contribution in [3.05, 3.63) is 102 Å². The highest BCUT2D eigenvalue weighted by molar-refractivity contribution is 7.80. The number of nitrogens with one attached hydrogen (secondary N) is 2. The van der Waals surface area contributed by atoms with Crippen LogP contribution in [0.1, 0.15) is 16.8 Å². The fourth-order valence-corrected chi connectivity index (χ4v) is 4.40. The number of nitrogens with zero attached hydrogens (tertiary/aromatic N) is 2. The smallest absolute Gasteiger partial charge is 0.175 e. The van der Waals surface area contributed by atoms with Crippen molar-refractivity contribution in [1.29, 1.82) is 0 Å². The number of anilines is 2. The van der Waals surface area contributed by atoms with Gasteiger partial charge in [-0.25, -0.2) is 0 Å². The molecule has 0 bridgehead atoms. The lowest BCUT2D eigenvalue weighted by Crippen LogP contribution is -2.18. The van der Waals surface area contributed by atoms with E-state index in [-0.39, 0.29) is 0 Å². The Kier molecular flexibility index (Phi) is 5.33. The van der Waals surface area contributed by atoms with E-state index >= 15 is 0 Å². The summed E-state index contributed by atoms with van der Waals surface area (Å²) in [5.74, 6) is 0. The van der Waals surface area contributed by atoms with Gasteiger partial charge in [-0.1, -0.05) is 48.0 Å². The molecule has 2 aromatic heterocycles. The van der Waals surface area contributed by atoms with E-state index in [9.17, 15) is 0 Å². The molecule has 2 N–H and O–H groups in total. The van der Waals surface area contributed by atoms with Gasteiger partial charge < -0.3 is 15.2 Å². The molecule has 0 aliphatic heterocycles. The lowest BCUT2D eigenvalue weighted by molar-refractivity contribution is 0.862. The van der Waals surface area contributed by atoms with Crippen LogP contribution in [0.5, 0.6) is 0 Å². The Morgan fingerprint density at radius 1 is 0.844 bits per heavy atom. The number of fused-ring (bicyclic) bond motifs is 3. The second-order valence-electron chi connectivity index (χ2n) is 8.04. The van der Waals surface area contributed by atoms with Gasteiger partial charge in [0.25, 0.3) is 0 Å². The molecular weight excluding hydrogens is 412 g/mol. The number of thiocarbonyl (C=S) groups is 1. The fourth-order valence-electron chi connectivity index (χ4n) is 4.16. The number of pyridine rings is 1. The predicted molar refractivity (Wildman–Crippen MR) is 139 cm³/mol. The monoisotopic (exact) mass is 436 g/mol. The fraction of sp³-hybridized carbons (Fsp3) is 0.111. The van der Waals surface area contributed by atoms with Crippen molar-refractivity contribution >= 4 is 50.5 Å². The SMILES string of the molecule is Cc1ccc(NC(=S)Nc2ccc3c(c2)c2ccnc(C)c2n3Cc2ccccc2)cc1. The van der Waals surface area contributed by atoms with Crippen LogP contribution in [0.25, 0.3) is 21.8 Å². The van der Waals surface area contributed by atoms with Crippen LogP contribution in [-0.2, 0) is 6.54 Å².